The van der Waals surface area contributed by atoms with Gasteiger partial charge in [0.2, 0.25) is 0 Å². The molecule has 1 aliphatic rings. The molecule has 0 aliphatic carbocycles. The van der Waals surface area contributed by atoms with Crippen molar-refractivity contribution in [3.05, 3.63) is 95.3 Å². The number of ketones is 1. The standard InChI is InChI=1S/C25H22FNO4/c1-17-6-12-20(13-7-17)31-15-14-27-22-5-3-2-4-21(22)25(30,24(27)29)16-23(28)18-8-10-19(26)11-9-18/h2-13,30H,14-16H2,1H3. The Labute approximate surface area is 179 Å². The number of hydrogen-bond acceptors (Lipinski definition) is 4. The maximum Gasteiger partial charge on any atom is 0.264 e. The molecule has 5 nitrogen and oxygen atoms in total. The molecule has 0 saturated carbocycles. The third-order valence-corrected chi connectivity index (χ3v) is 5.43. The van der Waals surface area contributed by atoms with Gasteiger partial charge >= 0.3 is 0 Å². The van der Waals surface area contributed by atoms with E-state index in [1.54, 1.807) is 24.3 Å². The Morgan fingerprint density at radius 1 is 1.03 bits per heavy atom. The van der Waals surface area contributed by atoms with E-state index in [1.165, 1.54) is 29.2 Å². The molecule has 4 rings (SSSR count). The Kier molecular flexibility index (Phi) is 5.57. The number of carbonyl (C=O) groups is 2. The van der Waals surface area contributed by atoms with E-state index in [9.17, 15) is 19.1 Å². The molecule has 1 amide bonds. The number of nitrogens with zero attached hydrogens (tertiary/aromatic N) is 1. The van der Waals surface area contributed by atoms with Crippen LogP contribution in [0.4, 0.5) is 10.1 Å². The number of amides is 1. The van der Waals surface area contributed by atoms with E-state index < -0.39 is 29.5 Å². The van der Waals surface area contributed by atoms with Crippen molar-refractivity contribution in [3.8, 4) is 5.75 Å². The number of halogens is 1. The number of benzene rings is 3. The van der Waals surface area contributed by atoms with Gasteiger partial charge in [0.25, 0.3) is 5.91 Å². The molecule has 1 heterocycles. The number of Topliss-reactive ketones (excluding diaryl/α,β-unsaturated/α-hetero) is 1. The smallest absolute Gasteiger partial charge is 0.264 e. The molecular formula is C25H22FNO4. The van der Waals surface area contributed by atoms with Gasteiger partial charge in [-0.25, -0.2) is 4.39 Å². The van der Waals surface area contributed by atoms with Crippen molar-refractivity contribution in [2.45, 2.75) is 18.9 Å². The third kappa shape index (κ3) is 4.07. The monoisotopic (exact) mass is 419 g/mol. The molecule has 0 radical (unpaired) electrons. The summed E-state index contributed by atoms with van der Waals surface area (Å²) in [6.07, 6.45) is -0.427. The van der Waals surface area contributed by atoms with Gasteiger partial charge in [-0.15, -0.1) is 0 Å². The first-order valence-electron chi connectivity index (χ1n) is 10.0. The Bertz CT molecular complexity index is 1110. The van der Waals surface area contributed by atoms with E-state index in [0.717, 1.165) is 5.56 Å². The third-order valence-electron chi connectivity index (χ3n) is 5.43. The fraction of sp³-hybridized carbons (Fsp3) is 0.200. The van der Waals surface area contributed by atoms with Crippen molar-refractivity contribution >= 4 is 17.4 Å². The zero-order valence-corrected chi connectivity index (χ0v) is 17.0. The molecule has 1 atom stereocenters. The van der Waals surface area contributed by atoms with Gasteiger partial charge in [-0.3, -0.25) is 9.59 Å². The summed E-state index contributed by atoms with van der Waals surface area (Å²) in [5.74, 6) is -0.787. The summed E-state index contributed by atoms with van der Waals surface area (Å²) < 4.78 is 18.9. The Morgan fingerprint density at radius 2 is 1.71 bits per heavy atom. The lowest BCUT2D eigenvalue weighted by atomic mass is 9.88. The van der Waals surface area contributed by atoms with Gasteiger partial charge in [0.1, 0.15) is 18.2 Å². The van der Waals surface area contributed by atoms with Crippen LogP contribution >= 0.6 is 0 Å². The maximum atomic E-state index is 13.2. The summed E-state index contributed by atoms with van der Waals surface area (Å²) in [5.41, 5.74) is 0.305. The van der Waals surface area contributed by atoms with Gasteiger partial charge in [-0.1, -0.05) is 35.9 Å². The second-order valence-corrected chi connectivity index (χ2v) is 7.60. The predicted octanol–water partition coefficient (Wildman–Crippen LogP) is 4.02. The number of rotatable bonds is 7. The highest BCUT2D eigenvalue weighted by Crippen LogP contribution is 2.42. The van der Waals surface area contributed by atoms with Gasteiger partial charge < -0.3 is 14.7 Å². The number of carbonyl (C=O) groups excluding carboxylic acids is 2. The molecule has 0 saturated heterocycles. The number of aryl methyl sites for hydroxylation is 1. The van der Waals surface area contributed by atoms with Crippen molar-refractivity contribution in [1.29, 1.82) is 0 Å². The molecule has 3 aromatic rings. The number of aliphatic hydroxyl groups is 1. The van der Waals surface area contributed by atoms with E-state index in [2.05, 4.69) is 0 Å². The highest BCUT2D eigenvalue weighted by atomic mass is 19.1. The normalized spacial score (nSPS) is 17.5. The van der Waals surface area contributed by atoms with E-state index in [-0.39, 0.29) is 18.7 Å². The largest absolute Gasteiger partial charge is 0.492 e. The fourth-order valence-corrected chi connectivity index (χ4v) is 3.76. The molecule has 1 aliphatic heterocycles. The van der Waals surface area contributed by atoms with Crippen LogP contribution in [-0.2, 0) is 10.4 Å². The second kappa shape index (κ2) is 8.32. The van der Waals surface area contributed by atoms with Gasteiger partial charge in [0.05, 0.1) is 18.7 Å². The zero-order chi connectivity index (χ0) is 22.0. The van der Waals surface area contributed by atoms with Crippen LogP contribution in [0.25, 0.3) is 0 Å². The summed E-state index contributed by atoms with van der Waals surface area (Å²) in [6.45, 7) is 2.43. The summed E-state index contributed by atoms with van der Waals surface area (Å²) in [7, 11) is 0. The average Bonchev–Trinajstić information content (AvgIpc) is 2.97. The van der Waals surface area contributed by atoms with Crippen molar-refractivity contribution in [1.82, 2.24) is 0 Å². The first-order valence-corrected chi connectivity index (χ1v) is 10.0. The number of anilines is 1. The van der Waals surface area contributed by atoms with E-state index in [4.69, 9.17) is 4.74 Å². The maximum absolute atomic E-state index is 13.2. The first-order chi connectivity index (χ1) is 14.9. The minimum atomic E-state index is -1.98. The molecule has 0 spiro atoms. The molecule has 1 N–H and O–H groups in total. The van der Waals surface area contributed by atoms with Gasteiger partial charge in [-0.2, -0.15) is 0 Å². The molecule has 0 aromatic heterocycles. The van der Waals surface area contributed by atoms with Crippen molar-refractivity contribution < 1.29 is 23.8 Å². The second-order valence-electron chi connectivity index (χ2n) is 7.60. The fourth-order valence-electron chi connectivity index (χ4n) is 3.76. The zero-order valence-electron chi connectivity index (χ0n) is 17.0. The minimum Gasteiger partial charge on any atom is -0.492 e. The quantitative estimate of drug-likeness (QED) is 0.588. The van der Waals surface area contributed by atoms with Crippen molar-refractivity contribution in [2.24, 2.45) is 0 Å². The van der Waals surface area contributed by atoms with E-state index in [1.807, 2.05) is 31.2 Å². The van der Waals surface area contributed by atoms with Crippen LogP contribution in [-0.4, -0.2) is 29.9 Å². The number of fused-ring (bicyclic) bond motifs is 1. The lowest BCUT2D eigenvalue weighted by Crippen LogP contribution is -2.43. The van der Waals surface area contributed by atoms with Crippen LogP contribution < -0.4 is 9.64 Å². The molecule has 158 valence electrons. The number of ether oxygens (including phenoxy) is 1. The van der Waals surface area contributed by atoms with Crippen LogP contribution in [0, 0.1) is 12.7 Å². The summed E-state index contributed by atoms with van der Waals surface area (Å²) >= 11 is 0. The lowest BCUT2D eigenvalue weighted by Gasteiger charge is -2.23. The lowest BCUT2D eigenvalue weighted by molar-refractivity contribution is -0.135. The van der Waals surface area contributed by atoms with Gasteiger partial charge in [0.15, 0.2) is 11.4 Å². The van der Waals surface area contributed by atoms with Crippen molar-refractivity contribution in [2.75, 3.05) is 18.1 Å². The van der Waals surface area contributed by atoms with E-state index >= 15 is 0 Å². The molecule has 3 aromatic carbocycles. The van der Waals surface area contributed by atoms with Crippen LogP contribution in [0.2, 0.25) is 0 Å². The summed E-state index contributed by atoms with van der Waals surface area (Å²) in [5, 5.41) is 11.3. The minimum absolute atomic E-state index is 0.219. The van der Waals surface area contributed by atoms with E-state index in [0.29, 0.717) is 17.0 Å². The molecular weight excluding hydrogens is 397 g/mol. The van der Waals surface area contributed by atoms with Crippen LogP contribution in [0.3, 0.4) is 0 Å². The highest BCUT2D eigenvalue weighted by molar-refractivity contribution is 6.10. The molecule has 6 heteroatoms. The molecule has 0 bridgehead atoms. The van der Waals surface area contributed by atoms with Crippen LogP contribution in [0.1, 0.15) is 27.9 Å². The average molecular weight is 419 g/mol. The Morgan fingerprint density at radius 3 is 2.42 bits per heavy atom. The first kappa shape index (κ1) is 20.8. The van der Waals surface area contributed by atoms with Crippen LogP contribution in [0.15, 0.2) is 72.8 Å². The highest BCUT2D eigenvalue weighted by Gasteiger charge is 2.50. The van der Waals surface area contributed by atoms with Gasteiger partial charge in [-0.05, 0) is 49.4 Å². The summed E-state index contributed by atoms with van der Waals surface area (Å²) in [6, 6.07) is 19.5. The molecule has 1 unspecified atom stereocenters. The van der Waals surface area contributed by atoms with Crippen molar-refractivity contribution in [3.63, 3.8) is 0 Å². The van der Waals surface area contributed by atoms with Gasteiger partial charge in [0, 0.05) is 11.1 Å². The number of para-hydroxylation sites is 1. The van der Waals surface area contributed by atoms with Crippen LogP contribution in [0.5, 0.6) is 5.75 Å². The Hall–Kier alpha value is -3.51. The Balaban J connectivity index is 1.52. The molecule has 0 fully saturated rings. The number of hydrogen-bond donors (Lipinski definition) is 1. The summed E-state index contributed by atoms with van der Waals surface area (Å²) in [4.78, 5) is 27.4. The molecule has 31 heavy (non-hydrogen) atoms. The predicted molar refractivity (Wildman–Crippen MR) is 115 cm³/mol. The SMILES string of the molecule is Cc1ccc(OCCN2C(=O)C(O)(CC(=O)c3ccc(F)cc3)c3ccccc32)cc1. The topological polar surface area (TPSA) is 66.8 Å².